The zero-order valence-electron chi connectivity index (χ0n) is 13.8. The van der Waals surface area contributed by atoms with Crippen LogP contribution in [0.5, 0.6) is 0 Å². The molecule has 1 fully saturated rings. The van der Waals surface area contributed by atoms with Gasteiger partial charge >= 0.3 is 0 Å². The van der Waals surface area contributed by atoms with Crippen LogP contribution in [0.2, 0.25) is 0 Å². The number of carbonyl (C=O) groups is 1. The van der Waals surface area contributed by atoms with Gasteiger partial charge in [0.25, 0.3) is 0 Å². The van der Waals surface area contributed by atoms with Crippen molar-refractivity contribution in [2.24, 2.45) is 0 Å². The van der Waals surface area contributed by atoms with Gasteiger partial charge in [0.2, 0.25) is 5.91 Å². The largest absolute Gasteiger partial charge is 0.302 e. The van der Waals surface area contributed by atoms with E-state index in [1.54, 1.807) is 0 Å². The van der Waals surface area contributed by atoms with Gasteiger partial charge in [-0.25, -0.2) is 4.98 Å². The van der Waals surface area contributed by atoms with Crippen molar-refractivity contribution in [3.05, 3.63) is 52.2 Å². The zero-order valence-corrected chi connectivity index (χ0v) is 14.6. The molecule has 0 aliphatic heterocycles. The molecule has 1 saturated carbocycles. The van der Waals surface area contributed by atoms with Crippen LogP contribution < -0.4 is 5.32 Å². The van der Waals surface area contributed by atoms with Crippen molar-refractivity contribution < 1.29 is 4.79 Å². The molecule has 1 aliphatic carbocycles. The monoisotopic (exact) mass is 337 g/mol. The van der Waals surface area contributed by atoms with E-state index in [0.717, 1.165) is 33.4 Å². The Morgan fingerprint density at radius 1 is 1.25 bits per heavy atom. The smallest absolute Gasteiger partial charge is 0.230 e. The third-order valence-electron chi connectivity index (χ3n) is 4.59. The number of thiazole rings is 1. The number of benzene rings is 1. The molecule has 4 nitrogen and oxygen atoms in total. The molecule has 0 unspecified atom stereocenters. The van der Waals surface area contributed by atoms with E-state index in [2.05, 4.69) is 33.7 Å². The summed E-state index contributed by atoms with van der Waals surface area (Å²) in [7, 11) is 0. The molecular weight excluding hydrogens is 318 g/mol. The molecule has 0 atom stereocenters. The molecule has 1 amide bonds. The lowest BCUT2D eigenvalue weighted by molar-refractivity contribution is -0.115. The summed E-state index contributed by atoms with van der Waals surface area (Å²) >= 11 is 1.51. The van der Waals surface area contributed by atoms with Gasteiger partial charge in [0.1, 0.15) is 0 Å². The fourth-order valence-electron chi connectivity index (χ4n) is 3.07. The Hall–Kier alpha value is -2.27. The number of hydrogen-bond acceptors (Lipinski definition) is 4. The molecule has 1 aliphatic rings. The van der Waals surface area contributed by atoms with Crippen molar-refractivity contribution in [2.75, 3.05) is 5.32 Å². The van der Waals surface area contributed by atoms with Crippen molar-refractivity contribution in [3.63, 3.8) is 0 Å². The molecule has 3 aromatic rings. The summed E-state index contributed by atoms with van der Waals surface area (Å²) in [5, 5.41) is 6.80. The second-order valence-electron chi connectivity index (χ2n) is 6.39. The maximum Gasteiger partial charge on any atom is 0.230 e. The van der Waals surface area contributed by atoms with Gasteiger partial charge in [-0.3, -0.25) is 9.78 Å². The SMILES string of the molecule is Cc1nc2ccccc2c(C)c1CC(=O)Nc1nc(C2CC2)cs1. The number of aryl methyl sites for hydroxylation is 2. The quantitative estimate of drug-likeness (QED) is 0.769. The van der Waals surface area contributed by atoms with E-state index in [0.29, 0.717) is 17.5 Å². The third-order valence-corrected chi connectivity index (χ3v) is 5.36. The van der Waals surface area contributed by atoms with Crippen LogP contribution in [0.3, 0.4) is 0 Å². The fraction of sp³-hybridized carbons (Fsp3) is 0.316. The fourth-order valence-corrected chi connectivity index (χ4v) is 3.87. The van der Waals surface area contributed by atoms with E-state index in [4.69, 9.17) is 0 Å². The number of anilines is 1. The molecule has 2 heterocycles. The van der Waals surface area contributed by atoms with Crippen molar-refractivity contribution in [1.82, 2.24) is 9.97 Å². The predicted molar refractivity (Wildman–Crippen MR) is 97.6 cm³/mol. The van der Waals surface area contributed by atoms with Crippen LogP contribution in [0.25, 0.3) is 10.9 Å². The number of para-hydroxylation sites is 1. The van der Waals surface area contributed by atoms with Crippen LogP contribution in [0.15, 0.2) is 29.6 Å². The Kier molecular flexibility index (Phi) is 3.81. The minimum absolute atomic E-state index is 0.0324. The average molecular weight is 337 g/mol. The lowest BCUT2D eigenvalue weighted by atomic mass is 9.99. The lowest BCUT2D eigenvalue weighted by Gasteiger charge is -2.12. The molecule has 0 radical (unpaired) electrons. The summed E-state index contributed by atoms with van der Waals surface area (Å²) in [6.45, 7) is 4.03. The van der Waals surface area contributed by atoms with Crippen LogP contribution in [0, 0.1) is 13.8 Å². The Labute approximate surface area is 145 Å². The average Bonchev–Trinajstić information content (AvgIpc) is 3.32. The van der Waals surface area contributed by atoms with Crippen LogP contribution in [0.4, 0.5) is 5.13 Å². The summed E-state index contributed by atoms with van der Waals surface area (Å²) < 4.78 is 0. The van der Waals surface area contributed by atoms with Crippen LogP contribution >= 0.6 is 11.3 Å². The van der Waals surface area contributed by atoms with Gasteiger partial charge in [0.05, 0.1) is 17.6 Å². The van der Waals surface area contributed by atoms with Crippen molar-refractivity contribution in [1.29, 1.82) is 0 Å². The van der Waals surface area contributed by atoms with E-state index in [-0.39, 0.29) is 5.91 Å². The maximum atomic E-state index is 12.4. The number of aromatic nitrogens is 2. The van der Waals surface area contributed by atoms with Crippen LogP contribution in [0.1, 0.15) is 41.3 Å². The van der Waals surface area contributed by atoms with Gasteiger partial charge in [0, 0.05) is 22.4 Å². The second kappa shape index (κ2) is 5.98. The summed E-state index contributed by atoms with van der Waals surface area (Å²) in [4.78, 5) is 21.6. The van der Waals surface area contributed by atoms with Crippen molar-refractivity contribution in [2.45, 2.75) is 39.0 Å². The highest BCUT2D eigenvalue weighted by Crippen LogP contribution is 2.40. The van der Waals surface area contributed by atoms with E-state index in [1.807, 2.05) is 25.1 Å². The van der Waals surface area contributed by atoms with Crippen molar-refractivity contribution in [3.8, 4) is 0 Å². The maximum absolute atomic E-state index is 12.4. The Balaban J connectivity index is 1.55. The minimum Gasteiger partial charge on any atom is -0.302 e. The van der Waals surface area contributed by atoms with Gasteiger partial charge in [-0.15, -0.1) is 11.3 Å². The summed E-state index contributed by atoms with van der Waals surface area (Å²) in [5.74, 6) is 0.580. The molecule has 0 saturated heterocycles. The number of nitrogens with zero attached hydrogens (tertiary/aromatic N) is 2. The van der Waals surface area contributed by atoms with Crippen LogP contribution in [-0.2, 0) is 11.2 Å². The highest BCUT2D eigenvalue weighted by atomic mass is 32.1. The first-order chi connectivity index (χ1) is 11.6. The molecule has 4 rings (SSSR count). The molecule has 24 heavy (non-hydrogen) atoms. The first-order valence-electron chi connectivity index (χ1n) is 8.22. The molecule has 2 aromatic heterocycles. The molecule has 0 spiro atoms. The third kappa shape index (κ3) is 2.91. The molecule has 0 bridgehead atoms. The van der Waals surface area contributed by atoms with Gasteiger partial charge < -0.3 is 5.32 Å². The van der Waals surface area contributed by atoms with E-state index in [9.17, 15) is 4.79 Å². The predicted octanol–water partition coefficient (Wildman–Crippen LogP) is 4.37. The van der Waals surface area contributed by atoms with E-state index >= 15 is 0 Å². The number of nitrogens with one attached hydrogen (secondary N) is 1. The van der Waals surface area contributed by atoms with Crippen LogP contribution in [-0.4, -0.2) is 15.9 Å². The molecule has 5 heteroatoms. The van der Waals surface area contributed by atoms with E-state index in [1.165, 1.54) is 24.2 Å². The Morgan fingerprint density at radius 2 is 2.04 bits per heavy atom. The Morgan fingerprint density at radius 3 is 2.83 bits per heavy atom. The minimum atomic E-state index is -0.0324. The Bertz CT molecular complexity index is 928. The highest BCUT2D eigenvalue weighted by Gasteiger charge is 2.26. The first kappa shape index (κ1) is 15.3. The highest BCUT2D eigenvalue weighted by molar-refractivity contribution is 7.13. The molecule has 1 aromatic carbocycles. The summed E-state index contributed by atoms with van der Waals surface area (Å²) in [6, 6.07) is 8.06. The number of amides is 1. The summed E-state index contributed by atoms with van der Waals surface area (Å²) in [6.07, 6.45) is 2.77. The molecular formula is C19H19N3OS. The second-order valence-corrected chi connectivity index (χ2v) is 7.25. The topological polar surface area (TPSA) is 54.9 Å². The van der Waals surface area contributed by atoms with Gasteiger partial charge in [0.15, 0.2) is 5.13 Å². The number of carbonyl (C=O) groups excluding carboxylic acids is 1. The van der Waals surface area contributed by atoms with Crippen molar-refractivity contribution >= 4 is 33.3 Å². The number of rotatable bonds is 4. The normalized spacial score (nSPS) is 14.1. The first-order valence-corrected chi connectivity index (χ1v) is 9.10. The number of fused-ring (bicyclic) bond motifs is 1. The number of hydrogen-bond donors (Lipinski definition) is 1. The molecule has 1 N–H and O–H groups in total. The lowest BCUT2D eigenvalue weighted by Crippen LogP contribution is -2.16. The number of pyridine rings is 1. The van der Waals surface area contributed by atoms with E-state index < -0.39 is 0 Å². The van der Waals surface area contributed by atoms with Gasteiger partial charge in [-0.05, 0) is 43.9 Å². The van der Waals surface area contributed by atoms with Gasteiger partial charge in [-0.1, -0.05) is 18.2 Å². The zero-order chi connectivity index (χ0) is 16.7. The summed E-state index contributed by atoms with van der Waals surface area (Å²) in [5.41, 5.74) is 5.15. The van der Waals surface area contributed by atoms with Gasteiger partial charge in [-0.2, -0.15) is 0 Å². The standard InChI is InChI=1S/C19H19N3OS/c1-11-14-5-3-4-6-16(14)20-12(2)15(11)9-18(23)22-19-21-17(10-24-19)13-7-8-13/h3-6,10,13H,7-9H2,1-2H3,(H,21,22,23). The molecule has 122 valence electrons.